The number of oxazole rings is 1. The van der Waals surface area contributed by atoms with Gasteiger partial charge in [-0.15, -0.1) is 11.3 Å². The Morgan fingerprint density at radius 1 is 1.32 bits per heavy atom. The molecule has 0 atom stereocenters. The number of halogens is 1. The predicted molar refractivity (Wildman–Crippen MR) is 95.5 cm³/mol. The largest absolute Gasteiger partial charge is 0.550 e. The summed E-state index contributed by atoms with van der Waals surface area (Å²) in [6.45, 7) is 0. The molecule has 0 saturated heterocycles. The number of carbonyl (C=O) groups is 1. The van der Waals surface area contributed by atoms with Crippen LogP contribution in [-0.4, -0.2) is 15.5 Å². The van der Waals surface area contributed by atoms with Gasteiger partial charge in [0, 0.05) is 42.1 Å². The van der Waals surface area contributed by atoms with E-state index in [2.05, 4.69) is 4.98 Å². The molecule has 5 nitrogen and oxygen atoms in total. The Labute approximate surface area is 152 Å². The lowest BCUT2D eigenvalue weighted by atomic mass is 10.1. The Hall–Kier alpha value is -2.57. The Morgan fingerprint density at radius 2 is 2.16 bits per heavy atom. The third-order valence-corrected chi connectivity index (χ3v) is 5.17. The summed E-state index contributed by atoms with van der Waals surface area (Å²) in [5, 5.41) is 12.1. The van der Waals surface area contributed by atoms with Crippen LogP contribution >= 0.6 is 22.9 Å². The fourth-order valence-corrected chi connectivity index (χ4v) is 3.82. The van der Waals surface area contributed by atoms with Crippen molar-refractivity contribution >= 4 is 39.8 Å². The van der Waals surface area contributed by atoms with E-state index >= 15 is 0 Å². The van der Waals surface area contributed by atoms with Gasteiger partial charge >= 0.3 is 0 Å². The summed E-state index contributed by atoms with van der Waals surface area (Å²) >= 11 is 7.30. The Kier molecular flexibility index (Phi) is 3.86. The molecule has 3 heterocycles. The zero-order valence-electron chi connectivity index (χ0n) is 13.2. The van der Waals surface area contributed by atoms with Crippen LogP contribution in [0.4, 0.5) is 0 Å². The number of carbonyl (C=O) groups excluding carboxylic acids is 1. The molecule has 126 valence electrons. The molecule has 0 bridgehead atoms. The molecular weight excluding hydrogens is 360 g/mol. The molecule has 3 aromatic heterocycles. The summed E-state index contributed by atoms with van der Waals surface area (Å²) in [5.74, 6) is -0.409. The Balaban J connectivity index is 1.83. The summed E-state index contributed by atoms with van der Waals surface area (Å²) in [6.07, 6.45) is 1.66. The molecule has 1 aromatic carbocycles. The first kappa shape index (κ1) is 15.9. The summed E-state index contributed by atoms with van der Waals surface area (Å²) in [7, 11) is 1.98. The molecule has 0 aliphatic rings. The smallest absolute Gasteiger partial charge is 0.227 e. The second kappa shape index (κ2) is 6.06. The lowest BCUT2D eigenvalue weighted by Gasteiger charge is -1.99. The maximum absolute atomic E-state index is 11.1. The minimum atomic E-state index is -1.21. The number of hydrogen-bond donors (Lipinski definition) is 0. The average molecular weight is 372 g/mol. The molecule has 4 aromatic rings. The number of carboxylic acid groups (broad SMARTS) is 1. The minimum absolute atomic E-state index is 0.318. The van der Waals surface area contributed by atoms with E-state index in [-0.39, 0.29) is 6.42 Å². The monoisotopic (exact) mass is 371 g/mol. The number of benzene rings is 1. The molecule has 0 N–H and O–H groups in total. The number of nitrogens with zero attached hydrogens (tertiary/aromatic N) is 2. The first-order valence-electron chi connectivity index (χ1n) is 7.52. The van der Waals surface area contributed by atoms with E-state index in [0.29, 0.717) is 21.7 Å². The molecule has 4 rings (SSSR count). The van der Waals surface area contributed by atoms with E-state index in [1.165, 1.54) is 11.3 Å². The van der Waals surface area contributed by atoms with Crippen molar-refractivity contribution in [2.24, 2.45) is 7.05 Å². The van der Waals surface area contributed by atoms with Gasteiger partial charge in [-0.25, -0.2) is 4.98 Å². The van der Waals surface area contributed by atoms with E-state index in [9.17, 15) is 9.90 Å². The molecule has 0 radical (unpaired) electrons. The van der Waals surface area contributed by atoms with Crippen molar-refractivity contribution in [1.82, 2.24) is 9.55 Å². The summed E-state index contributed by atoms with van der Waals surface area (Å²) in [5.41, 5.74) is 2.21. The van der Waals surface area contributed by atoms with Crippen molar-refractivity contribution < 1.29 is 14.3 Å². The van der Waals surface area contributed by atoms with Crippen molar-refractivity contribution in [1.29, 1.82) is 0 Å². The van der Waals surface area contributed by atoms with Gasteiger partial charge < -0.3 is 18.9 Å². The van der Waals surface area contributed by atoms with E-state index in [1.807, 2.05) is 42.1 Å². The highest BCUT2D eigenvalue weighted by Crippen LogP contribution is 2.36. The van der Waals surface area contributed by atoms with Gasteiger partial charge in [0.05, 0.1) is 14.9 Å². The predicted octanol–water partition coefficient (Wildman–Crippen LogP) is 3.51. The number of rotatable bonds is 4. The molecule has 0 spiro atoms. The number of aliphatic carboxylic acids is 1. The molecule has 25 heavy (non-hydrogen) atoms. The third-order valence-electron chi connectivity index (χ3n) is 3.94. The molecule has 0 amide bonds. The maximum atomic E-state index is 11.1. The van der Waals surface area contributed by atoms with Crippen molar-refractivity contribution in [2.45, 2.75) is 6.42 Å². The zero-order valence-corrected chi connectivity index (χ0v) is 14.7. The topological polar surface area (TPSA) is 71.1 Å². The molecule has 0 saturated carbocycles. The van der Waals surface area contributed by atoms with Crippen LogP contribution in [0.5, 0.6) is 0 Å². The van der Waals surface area contributed by atoms with Gasteiger partial charge in [0.2, 0.25) is 5.89 Å². The van der Waals surface area contributed by atoms with E-state index in [4.69, 9.17) is 16.0 Å². The number of thiophene rings is 1. The number of fused-ring (bicyclic) bond motifs is 1. The minimum Gasteiger partial charge on any atom is -0.550 e. The summed E-state index contributed by atoms with van der Waals surface area (Å²) in [4.78, 5) is 16.2. The van der Waals surface area contributed by atoms with Gasteiger partial charge in [0.15, 0.2) is 5.76 Å². The lowest BCUT2D eigenvalue weighted by molar-refractivity contribution is -0.304. The van der Waals surface area contributed by atoms with E-state index < -0.39 is 5.97 Å². The first-order chi connectivity index (χ1) is 12.0. The summed E-state index contributed by atoms with van der Waals surface area (Å²) < 4.78 is 8.52. The highest BCUT2D eigenvalue weighted by atomic mass is 35.5. The van der Waals surface area contributed by atoms with Crippen molar-refractivity contribution in [3.05, 3.63) is 52.6 Å². The van der Waals surface area contributed by atoms with Crippen LogP contribution in [0.2, 0.25) is 4.34 Å². The molecular formula is C18H12ClN2O3S-. The normalized spacial score (nSPS) is 11.3. The zero-order chi connectivity index (χ0) is 17.6. The average Bonchev–Trinajstić information content (AvgIpc) is 3.26. The van der Waals surface area contributed by atoms with Gasteiger partial charge in [-0.3, -0.25) is 0 Å². The van der Waals surface area contributed by atoms with E-state index in [0.717, 1.165) is 21.3 Å². The van der Waals surface area contributed by atoms with Crippen molar-refractivity contribution in [3.63, 3.8) is 0 Å². The van der Waals surface area contributed by atoms with Crippen LogP contribution in [0.15, 0.2) is 47.0 Å². The highest BCUT2D eigenvalue weighted by molar-refractivity contribution is 7.19. The van der Waals surface area contributed by atoms with Crippen LogP contribution in [0, 0.1) is 0 Å². The molecule has 7 heteroatoms. The quantitative estimate of drug-likeness (QED) is 0.550. The Bertz CT molecular complexity index is 1090. The van der Waals surface area contributed by atoms with E-state index in [1.54, 1.807) is 12.1 Å². The summed E-state index contributed by atoms with van der Waals surface area (Å²) in [6, 6.07) is 11.4. The number of carboxylic acids is 1. The van der Waals surface area contributed by atoms with Crippen molar-refractivity contribution in [3.8, 4) is 22.1 Å². The third kappa shape index (κ3) is 2.94. The number of aromatic nitrogens is 2. The van der Waals surface area contributed by atoms with Crippen LogP contribution in [0.25, 0.3) is 33.0 Å². The standard InChI is InChI=1S/C18H13ClN2O3S/c1-21-7-6-10-8-11(2-3-13(10)21)18-20-12(9-16(22)23)17(24-18)14-4-5-15(19)25-14/h2-8H,9H2,1H3,(H,22,23)/p-1. The van der Waals surface area contributed by atoms with Crippen molar-refractivity contribution in [2.75, 3.05) is 0 Å². The van der Waals surface area contributed by atoms with Gasteiger partial charge in [-0.1, -0.05) is 11.6 Å². The lowest BCUT2D eigenvalue weighted by Crippen LogP contribution is -2.24. The van der Waals surface area contributed by atoms with Crippen LogP contribution in [-0.2, 0) is 18.3 Å². The fourth-order valence-electron chi connectivity index (χ4n) is 2.78. The second-order valence-corrected chi connectivity index (χ2v) is 7.36. The van der Waals surface area contributed by atoms with Gasteiger partial charge in [-0.05, 0) is 36.4 Å². The maximum Gasteiger partial charge on any atom is 0.227 e. The van der Waals surface area contributed by atoms with Gasteiger partial charge in [-0.2, -0.15) is 0 Å². The fraction of sp³-hybridized carbons (Fsp3) is 0.111. The highest BCUT2D eigenvalue weighted by Gasteiger charge is 2.18. The second-order valence-electron chi connectivity index (χ2n) is 5.65. The van der Waals surface area contributed by atoms with Gasteiger partial charge in [0.1, 0.15) is 0 Å². The molecule has 0 aliphatic heterocycles. The Morgan fingerprint density at radius 3 is 2.88 bits per heavy atom. The van der Waals surface area contributed by atoms with Crippen LogP contribution in [0.3, 0.4) is 0 Å². The van der Waals surface area contributed by atoms with Crippen LogP contribution in [0.1, 0.15) is 5.69 Å². The van der Waals surface area contributed by atoms with Crippen LogP contribution < -0.4 is 5.11 Å². The molecule has 0 aliphatic carbocycles. The first-order valence-corrected chi connectivity index (χ1v) is 8.71. The number of hydrogen-bond acceptors (Lipinski definition) is 5. The SMILES string of the molecule is Cn1ccc2cc(-c3nc(CC(=O)[O-])c(-c4ccc(Cl)s4)o3)ccc21. The molecule has 0 unspecified atom stereocenters. The number of aryl methyl sites for hydroxylation is 1. The molecule has 0 fully saturated rings. The van der Waals surface area contributed by atoms with Gasteiger partial charge in [0.25, 0.3) is 0 Å².